The molecule has 0 fully saturated rings. The van der Waals surface area contributed by atoms with Crippen molar-refractivity contribution in [1.82, 2.24) is 16.0 Å². The van der Waals surface area contributed by atoms with Gasteiger partial charge in [-0.25, -0.2) is 9.59 Å². The minimum absolute atomic E-state index is 0.195. The van der Waals surface area contributed by atoms with E-state index < -0.39 is 47.1 Å². The summed E-state index contributed by atoms with van der Waals surface area (Å²) in [5, 5.41) is 8.10. The molecule has 0 heterocycles. The van der Waals surface area contributed by atoms with Crippen LogP contribution in [0, 0.1) is 11.8 Å². The zero-order valence-electron chi connectivity index (χ0n) is 19.8. The molecule has 0 bridgehead atoms. The molecule has 1 aliphatic rings. The third kappa shape index (κ3) is 7.56. The number of nitrogens with one attached hydrogen (secondary N) is 3. The van der Waals surface area contributed by atoms with Crippen molar-refractivity contribution in [3.63, 3.8) is 0 Å². The number of hydrogen-bond donors (Lipinski definition) is 3. The maximum atomic E-state index is 13.2. The van der Waals surface area contributed by atoms with Gasteiger partial charge < -0.3 is 25.4 Å². The molecule has 2 atom stereocenters. The summed E-state index contributed by atoms with van der Waals surface area (Å²) in [5.41, 5.74) is -1.95. The van der Waals surface area contributed by atoms with Crippen LogP contribution in [0.3, 0.4) is 0 Å². The van der Waals surface area contributed by atoms with Crippen molar-refractivity contribution in [1.29, 1.82) is 0 Å². The number of ether oxygens (including phenoxy) is 2. The molecule has 0 aromatic carbocycles. The third-order valence-corrected chi connectivity index (χ3v) is 4.93. The topological polar surface area (TPSA) is 123 Å². The molecule has 0 aromatic rings. The fourth-order valence-corrected chi connectivity index (χ4v) is 3.18. The summed E-state index contributed by atoms with van der Waals surface area (Å²) in [6, 6.07) is -1.74. The molecule has 0 saturated heterocycles. The Labute approximate surface area is 184 Å². The van der Waals surface area contributed by atoms with Crippen LogP contribution in [0.25, 0.3) is 0 Å². The molecule has 3 N–H and O–H groups in total. The number of hydrogen-bond acceptors (Lipinski definition) is 6. The fraction of sp³-hybridized carbons (Fsp3) is 0.727. The van der Waals surface area contributed by atoms with Gasteiger partial charge in [0, 0.05) is 0 Å². The Bertz CT molecular complexity index is 701. The predicted octanol–water partition coefficient (Wildman–Crippen LogP) is 2.05. The largest absolute Gasteiger partial charge is 0.467 e. The number of carbonyl (C=O) groups is 4. The van der Waals surface area contributed by atoms with Crippen LogP contribution >= 0.6 is 0 Å². The SMILES string of the molecule is COC(=O)[C@@H](NC(=O)[C@H](NC(=O)C1(NC(=O)OC(C)(C)C)CC=CC1)C(C)C)C(C)C. The molecule has 1 rings (SSSR count). The molecule has 0 radical (unpaired) electrons. The number of alkyl carbamates (subject to hydrolysis) is 1. The monoisotopic (exact) mass is 439 g/mol. The second-order valence-electron chi connectivity index (χ2n) is 9.54. The summed E-state index contributed by atoms with van der Waals surface area (Å²) in [6.07, 6.45) is 3.45. The predicted molar refractivity (Wildman–Crippen MR) is 116 cm³/mol. The molecule has 0 unspecified atom stereocenters. The van der Waals surface area contributed by atoms with Crippen molar-refractivity contribution in [2.24, 2.45) is 11.8 Å². The minimum Gasteiger partial charge on any atom is -0.467 e. The summed E-state index contributed by atoms with van der Waals surface area (Å²) < 4.78 is 10.1. The van der Waals surface area contributed by atoms with E-state index in [1.807, 2.05) is 0 Å². The number of amides is 3. The summed E-state index contributed by atoms with van der Waals surface area (Å²) in [4.78, 5) is 50.5. The second-order valence-corrected chi connectivity index (χ2v) is 9.54. The van der Waals surface area contributed by atoms with Gasteiger partial charge in [0.1, 0.15) is 23.2 Å². The molecule has 9 nitrogen and oxygen atoms in total. The Morgan fingerprint density at radius 3 is 1.84 bits per heavy atom. The van der Waals surface area contributed by atoms with Crippen LogP contribution in [0.4, 0.5) is 4.79 Å². The summed E-state index contributed by atoms with van der Waals surface area (Å²) in [5.74, 6) is -2.00. The highest BCUT2D eigenvalue weighted by Gasteiger charge is 2.43. The van der Waals surface area contributed by atoms with Gasteiger partial charge in [0.15, 0.2) is 0 Å². The van der Waals surface area contributed by atoms with E-state index in [4.69, 9.17) is 9.47 Å². The highest BCUT2D eigenvalue weighted by atomic mass is 16.6. The van der Waals surface area contributed by atoms with Gasteiger partial charge in [0.05, 0.1) is 7.11 Å². The van der Waals surface area contributed by atoms with Gasteiger partial charge in [-0.05, 0) is 45.4 Å². The third-order valence-electron chi connectivity index (χ3n) is 4.93. The first-order valence-electron chi connectivity index (χ1n) is 10.6. The number of esters is 1. The molecule has 176 valence electrons. The molecule has 3 amide bonds. The zero-order chi connectivity index (χ0) is 24.0. The van der Waals surface area contributed by atoms with E-state index in [1.54, 1.807) is 60.6 Å². The van der Waals surface area contributed by atoms with Gasteiger partial charge in [-0.15, -0.1) is 0 Å². The Kier molecular flexibility index (Phi) is 9.08. The summed E-state index contributed by atoms with van der Waals surface area (Å²) in [7, 11) is 1.25. The molecular formula is C22H37N3O6. The maximum Gasteiger partial charge on any atom is 0.408 e. The van der Waals surface area contributed by atoms with E-state index >= 15 is 0 Å². The highest BCUT2D eigenvalue weighted by Crippen LogP contribution is 2.25. The van der Waals surface area contributed by atoms with Crippen molar-refractivity contribution in [2.45, 2.75) is 84.5 Å². The molecule has 1 aliphatic carbocycles. The number of methoxy groups -OCH3 is 1. The van der Waals surface area contributed by atoms with Crippen LogP contribution in [-0.2, 0) is 23.9 Å². The maximum absolute atomic E-state index is 13.2. The zero-order valence-corrected chi connectivity index (χ0v) is 19.8. The van der Waals surface area contributed by atoms with Crippen LogP contribution < -0.4 is 16.0 Å². The van der Waals surface area contributed by atoms with Gasteiger partial charge in [0.25, 0.3) is 0 Å². The molecule has 0 aliphatic heterocycles. The Morgan fingerprint density at radius 1 is 0.903 bits per heavy atom. The molecular weight excluding hydrogens is 402 g/mol. The first-order valence-corrected chi connectivity index (χ1v) is 10.6. The normalized spacial score (nSPS) is 17.1. The highest BCUT2D eigenvalue weighted by molar-refractivity contribution is 5.96. The molecule has 0 saturated carbocycles. The van der Waals surface area contributed by atoms with Crippen LogP contribution in [0.15, 0.2) is 12.2 Å². The summed E-state index contributed by atoms with van der Waals surface area (Å²) in [6.45, 7) is 12.3. The standard InChI is InChI=1S/C22H37N3O6/c1-13(2)15(17(26)23-16(14(3)4)18(27)30-8)24-19(28)22(11-9-10-12-22)25-20(29)31-21(5,6)7/h9-10,13-16H,11-12H2,1-8H3,(H,23,26)(H,24,28)(H,25,29)/t15-,16+/m1/s1. The quantitative estimate of drug-likeness (QED) is 0.393. The lowest BCUT2D eigenvalue weighted by Crippen LogP contribution is -2.63. The van der Waals surface area contributed by atoms with E-state index in [9.17, 15) is 19.2 Å². The Balaban J connectivity index is 2.99. The van der Waals surface area contributed by atoms with E-state index in [0.29, 0.717) is 0 Å². The van der Waals surface area contributed by atoms with Crippen LogP contribution in [0.2, 0.25) is 0 Å². The lowest BCUT2D eigenvalue weighted by Gasteiger charge is -2.33. The van der Waals surface area contributed by atoms with Gasteiger partial charge in [-0.2, -0.15) is 0 Å². The van der Waals surface area contributed by atoms with E-state index in [0.717, 1.165) is 0 Å². The Hall–Kier alpha value is -2.58. The van der Waals surface area contributed by atoms with Crippen molar-refractivity contribution < 1.29 is 28.7 Å². The van der Waals surface area contributed by atoms with E-state index in [-0.39, 0.29) is 24.7 Å². The van der Waals surface area contributed by atoms with Crippen LogP contribution in [0.1, 0.15) is 61.3 Å². The fourth-order valence-electron chi connectivity index (χ4n) is 3.18. The van der Waals surface area contributed by atoms with Crippen molar-refractivity contribution >= 4 is 23.9 Å². The number of carbonyl (C=O) groups excluding carboxylic acids is 4. The smallest absolute Gasteiger partial charge is 0.408 e. The molecule has 0 aromatic heterocycles. The van der Waals surface area contributed by atoms with Crippen LogP contribution in [-0.4, -0.2) is 54.2 Å². The Morgan fingerprint density at radius 2 is 1.42 bits per heavy atom. The summed E-state index contributed by atoms with van der Waals surface area (Å²) >= 11 is 0. The van der Waals surface area contributed by atoms with Crippen molar-refractivity contribution in [3.05, 3.63) is 12.2 Å². The lowest BCUT2D eigenvalue weighted by molar-refractivity contribution is -0.147. The van der Waals surface area contributed by atoms with Gasteiger partial charge in [-0.3, -0.25) is 9.59 Å². The average molecular weight is 440 g/mol. The number of rotatable bonds is 8. The molecule has 31 heavy (non-hydrogen) atoms. The lowest BCUT2D eigenvalue weighted by atomic mass is 9.93. The van der Waals surface area contributed by atoms with Gasteiger partial charge >= 0.3 is 12.1 Å². The van der Waals surface area contributed by atoms with Crippen LogP contribution in [0.5, 0.6) is 0 Å². The first kappa shape index (κ1) is 26.5. The minimum atomic E-state index is -1.24. The molecule has 0 spiro atoms. The molecule has 9 heteroatoms. The van der Waals surface area contributed by atoms with E-state index in [1.165, 1.54) is 7.11 Å². The van der Waals surface area contributed by atoms with Crippen molar-refractivity contribution in [3.8, 4) is 0 Å². The first-order chi connectivity index (χ1) is 14.2. The second kappa shape index (κ2) is 10.6. The average Bonchev–Trinajstić information content (AvgIpc) is 3.10. The van der Waals surface area contributed by atoms with Crippen molar-refractivity contribution in [2.75, 3.05) is 7.11 Å². The van der Waals surface area contributed by atoms with Gasteiger partial charge in [0.2, 0.25) is 11.8 Å². The van der Waals surface area contributed by atoms with E-state index in [2.05, 4.69) is 16.0 Å². The van der Waals surface area contributed by atoms with Gasteiger partial charge in [-0.1, -0.05) is 39.8 Å².